The Balaban J connectivity index is 1.74. The lowest BCUT2D eigenvalue weighted by molar-refractivity contribution is -0.146. The molecule has 1 aliphatic heterocycles. The molecule has 2 heterocycles. The molecule has 0 aliphatic carbocycles. The Morgan fingerprint density at radius 2 is 1.92 bits per heavy atom. The number of H-pyrrole nitrogens is 1. The van der Waals surface area contributed by atoms with Crippen LogP contribution in [0.1, 0.15) is 42.5 Å². The van der Waals surface area contributed by atoms with Crippen molar-refractivity contribution >= 4 is 11.9 Å². The molecule has 1 aromatic heterocycles. The fraction of sp³-hybridized carbons (Fsp3) is 0.421. The Morgan fingerprint density at radius 3 is 2.54 bits per heavy atom. The summed E-state index contributed by atoms with van der Waals surface area (Å²) in [6.45, 7) is 6.68. The molecule has 1 amide bonds. The van der Waals surface area contributed by atoms with Gasteiger partial charge in [-0.15, -0.1) is 0 Å². The van der Waals surface area contributed by atoms with Crippen molar-refractivity contribution in [1.82, 2.24) is 14.9 Å². The second-order valence-electron chi connectivity index (χ2n) is 6.73. The van der Waals surface area contributed by atoms with Gasteiger partial charge >= 0.3 is 5.97 Å². The van der Waals surface area contributed by atoms with E-state index in [4.69, 9.17) is 9.84 Å². The standard InChI is InChI=1S/C19H23N3O4/c1-11(2)26-12(3)18(23)22-9-8-15-16(10-22)21-17(20-15)13-4-6-14(7-5-13)19(24)25/h4-7,11-12H,8-10H2,1-3H3,(H,20,21)(H,24,25). The molecule has 138 valence electrons. The van der Waals surface area contributed by atoms with Crippen LogP contribution in [0.4, 0.5) is 0 Å². The Morgan fingerprint density at radius 1 is 1.23 bits per heavy atom. The summed E-state index contributed by atoms with van der Waals surface area (Å²) in [5.74, 6) is -0.291. The molecule has 26 heavy (non-hydrogen) atoms. The average Bonchev–Trinajstić information content (AvgIpc) is 3.03. The van der Waals surface area contributed by atoms with Crippen LogP contribution in [0, 0.1) is 0 Å². The van der Waals surface area contributed by atoms with Gasteiger partial charge in [-0.25, -0.2) is 9.78 Å². The van der Waals surface area contributed by atoms with Crippen molar-refractivity contribution in [3.8, 4) is 11.4 Å². The predicted octanol–water partition coefficient (Wildman–Crippen LogP) is 2.47. The molecule has 1 aromatic carbocycles. The monoisotopic (exact) mass is 357 g/mol. The van der Waals surface area contributed by atoms with Crippen molar-refractivity contribution < 1.29 is 19.4 Å². The number of nitrogens with one attached hydrogen (secondary N) is 1. The molecule has 7 heteroatoms. The summed E-state index contributed by atoms with van der Waals surface area (Å²) in [4.78, 5) is 33.2. The van der Waals surface area contributed by atoms with Gasteiger partial charge in [0.1, 0.15) is 11.9 Å². The van der Waals surface area contributed by atoms with Gasteiger partial charge in [0.15, 0.2) is 0 Å². The summed E-state index contributed by atoms with van der Waals surface area (Å²) < 4.78 is 5.59. The number of hydrogen-bond acceptors (Lipinski definition) is 4. The number of ether oxygens (including phenoxy) is 1. The van der Waals surface area contributed by atoms with Crippen LogP contribution in [-0.2, 0) is 22.5 Å². The van der Waals surface area contributed by atoms with Gasteiger partial charge in [0.2, 0.25) is 0 Å². The number of aromatic amines is 1. The summed E-state index contributed by atoms with van der Waals surface area (Å²) in [5.41, 5.74) is 2.92. The molecule has 1 atom stereocenters. The lowest BCUT2D eigenvalue weighted by Gasteiger charge is -2.29. The summed E-state index contributed by atoms with van der Waals surface area (Å²) in [6.07, 6.45) is 0.212. The van der Waals surface area contributed by atoms with Crippen LogP contribution < -0.4 is 0 Å². The van der Waals surface area contributed by atoms with Crippen molar-refractivity contribution in [2.24, 2.45) is 0 Å². The smallest absolute Gasteiger partial charge is 0.335 e. The number of imidazole rings is 1. The number of carbonyl (C=O) groups is 2. The molecule has 7 nitrogen and oxygen atoms in total. The third-order valence-electron chi connectivity index (χ3n) is 4.37. The molecule has 2 N–H and O–H groups in total. The number of amides is 1. The van der Waals surface area contributed by atoms with Gasteiger partial charge in [-0.1, -0.05) is 12.1 Å². The Hall–Kier alpha value is -2.67. The van der Waals surface area contributed by atoms with Gasteiger partial charge in [-0.3, -0.25) is 4.79 Å². The Kier molecular flexibility index (Phi) is 5.08. The number of carboxylic acid groups (broad SMARTS) is 1. The van der Waals surface area contributed by atoms with Crippen LogP contribution in [0.3, 0.4) is 0 Å². The predicted molar refractivity (Wildman–Crippen MR) is 95.8 cm³/mol. The zero-order chi connectivity index (χ0) is 18.8. The van der Waals surface area contributed by atoms with E-state index in [1.165, 1.54) is 0 Å². The number of aromatic carboxylic acids is 1. The zero-order valence-electron chi connectivity index (χ0n) is 15.2. The van der Waals surface area contributed by atoms with Crippen molar-refractivity contribution in [2.45, 2.75) is 45.9 Å². The van der Waals surface area contributed by atoms with Gasteiger partial charge in [-0.05, 0) is 32.9 Å². The molecule has 1 aliphatic rings. The molecule has 0 saturated carbocycles. The van der Waals surface area contributed by atoms with Crippen LogP contribution in [0.5, 0.6) is 0 Å². The highest BCUT2D eigenvalue weighted by Crippen LogP contribution is 2.24. The van der Waals surface area contributed by atoms with E-state index in [9.17, 15) is 9.59 Å². The van der Waals surface area contributed by atoms with Crippen LogP contribution in [0.25, 0.3) is 11.4 Å². The van der Waals surface area contributed by atoms with Gasteiger partial charge < -0.3 is 19.7 Å². The Bertz CT molecular complexity index is 811. The molecule has 3 rings (SSSR count). The van der Waals surface area contributed by atoms with Crippen LogP contribution >= 0.6 is 0 Å². The number of carboxylic acids is 1. The van der Waals surface area contributed by atoms with Crippen LogP contribution in [-0.4, -0.2) is 50.6 Å². The van der Waals surface area contributed by atoms with E-state index in [0.717, 1.165) is 17.0 Å². The number of benzene rings is 1. The SMILES string of the molecule is CC(C)OC(C)C(=O)N1CCc2nc(-c3ccc(C(=O)O)cc3)[nH]c2C1. The van der Waals surface area contributed by atoms with E-state index in [1.54, 1.807) is 36.1 Å². The maximum Gasteiger partial charge on any atom is 0.335 e. The number of carbonyl (C=O) groups excluding carboxylic acids is 1. The van der Waals surface area contributed by atoms with Crippen LogP contribution in [0.15, 0.2) is 24.3 Å². The third-order valence-corrected chi connectivity index (χ3v) is 4.37. The quantitative estimate of drug-likeness (QED) is 0.857. The lowest BCUT2D eigenvalue weighted by Crippen LogP contribution is -2.42. The molecule has 2 aromatic rings. The number of hydrogen-bond donors (Lipinski definition) is 2. The lowest BCUT2D eigenvalue weighted by atomic mass is 10.1. The average molecular weight is 357 g/mol. The third kappa shape index (κ3) is 3.77. The second-order valence-corrected chi connectivity index (χ2v) is 6.73. The number of nitrogens with zero attached hydrogens (tertiary/aromatic N) is 2. The normalized spacial score (nSPS) is 15.0. The highest BCUT2D eigenvalue weighted by atomic mass is 16.5. The second kappa shape index (κ2) is 7.29. The summed E-state index contributed by atoms with van der Waals surface area (Å²) in [6, 6.07) is 6.57. The first-order valence-electron chi connectivity index (χ1n) is 8.71. The maximum atomic E-state index is 12.5. The minimum Gasteiger partial charge on any atom is -0.478 e. The summed E-state index contributed by atoms with van der Waals surface area (Å²) in [5, 5.41) is 8.99. The summed E-state index contributed by atoms with van der Waals surface area (Å²) >= 11 is 0. The molecule has 0 fully saturated rings. The fourth-order valence-electron chi connectivity index (χ4n) is 3.11. The van der Waals surface area contributed by atoms with Crippen molar-refractivity contribution in [3.05, 3.63) is 41.2 Å². The van der Waals surface area contributed by atoms with Crippen molar-refractivity contribution in [3.63, 3.8) is 0 Å². The minimum absolute atomic E-state index is 0.00170. The largest absolute Gasteiger partial charge is 0.478 e. The number of aromatic nitrogens is 2. The first-order chi connectivity index (χ1) is 12.3. The van der Waals surface area contributed by atoms with Crippen LogP contribution in [0.2, 0.25) is 0 Å². The fourth-order valence-corrected chi connectivity index (χ4v) is 3.11. The zero-order valence-corrected chi connectivity index (χ0v) is 15.2. The van der Waals surface area contributed by atoms with Gasteiger partial charge in [-0.2, -0.15) is 0 Å². The van der Waals surface area contributed by atoms with Gasteiger partial charge in [0.25, 0.3) is 5.91 Å². The summed E-state index contributed by atoms with van der Waals surface area (Å²) in [7, 11) is 0. The highest BCUT2D eigenvalue weighted by Gasteiger charge is 2.27. The minimum atomic E-state index is -0.956. The highest BCUT2D eigenvalue weighted by molar-refractivity contribution is 5.88. The van der Waals surface area contributed by atoms with E-state index in [1.807, 2.05) is 13.8 Å². The van der Waals surface area contributed by atoms with E-state index in [-0.39, 0.29) is 17.6 Å². The van der Waals surface area contributed by atoms with E-state index < -0.39 is 12.1 Å². The first-order valence-corrected chi connectivity index (χ1v) is 8.71. The number of rotatable bonds is 5. The molecule has 0 bridgehead atoms. The molecule has 0 saturated heterocycles. The van der Waals surface area contributed by atoms with Crippen molar-refractivity contribution in [2.75, 3.05) is 6.54 Å². The molecular formula is C19H23N3O4. The van der Waals surface area contributed by atoms with Gasteiger partial charge in [0, 0.05) is 18.5 Å². The van der Waals surface area contributed by atoms with Crippen molar-refractivity contribution in [1.29, 1.82) is 0 Å². The van der Waals surface area contributed by atoms with E-state index in [0.29, 0.717) is 25.3 Å². The van der Waals surface area contributed by atoms with E-state index in [2.05, 4.69) is 9.97 Å². The number of fused-ring (bicyclic) bond motifs is 1. The molecule has 0 radical (unpaired) electrons. The topological polar surface area (TPSA) is 95.5 Å². The Labute approximate surface area is 152 Å². The van der Waals surface area contributed by atoms with E-state index >= 15 is 0 Å². The van der Waals surface area contributed by atoms with Gasteiger partial charge in [0.05, 0.1) is 29.6 Å². The molecular weight excluding hydrogens is 334 g/mol. The molecule has 0 spiro atoms. The first kappa shape index (κ1) is 18.1. The molecule has 1 unspecified atom stereocenters. The maximum absolute atomic E-state index is 12.5.